The number of nitrogens with zero attached hydrogens (tertiary/aromatic N) is 3. The van der Waals surface area contributed by atoms with Crippen LogP contribution in [0.25, 0.3) is 10.9 Å². The highest BCUT2D eigenvalue weighted by Crippen LogP contribution is 2.25. The highest BCUT2D eigenvalue weighted by Gasteiger charge is 2.28. The molecule has 1 aromatic carbocycles. The summed E-state index contributed by atoms with van der Waals surface area (Å²) in [4.78, 5) is 22.8. The van der Waals surface area contributed by atoms with Crippen molar-refractivity contribution >= 4 is 22.6 Å². The van der Waals surface area contributed by atoms with Gasteiger partial charge in [-0.05, 0) is 31.4 Å². The molecule has 0 bridgehead atoms. The van der Waals surface area contributed by atoms with Crippen molar-refractivity contribution in [3.05, 3.63) is 30.1 Å². The molecule has 1 aliphatic rings. The molecule has 1 aromatic heterocycles. The van der Waals surface area contributed by atoms with E-state index >= 15 is 0 Å². The molecule has 1 aliphatic heterocycles. The van der Waals surface area contributed by atoms with Crippen LogP contribution in [0.4, 0.5) is 5.82 Å². The minimum atomic E-state index is -0.294. The third-order valence-corrected chi connectivity index (χ3v) is 4.08. The van der Waals surface area contributed by atoms with Crippen LogP contribution in [0.1, 0.15) is 18.4 Å². The molecule has 1 fully saturated rings. The Morgan fingerprint density at radius 1 is 1.41 bits per heavy atom. The van der Waals surface area contributed by atoms with E-state index in [-0.39, 0.29) is 18.6 Å². The Hall–Kier alpha value is -2.21. The van der Waals surface area contributed by atoms with E-state index in [0.717, 1.165) is 29.3 Å². The van der Waals surface area contributed by atoms with Gasteiger partial charge in [-0.25, -0.2) is 9.97 Å². The fourth-order valence-corrected chi connectivity index (χ4v) is 2.97. The topological polar surface area (TPSA) is 78.3 Å². The number of carbonyl (C=O) groups is 1. The molecule has 0 saturated carbocycles. The zero-order valence-electron chi connectivity index (χ0n) is 12.6. The third kappa shape index (κ3) is 2.74. The molecule has 6 nitrogen and oxygen atoms in total. The molecule has 0 radical (unpaired) electrons. The summed E-state index contributed by atoms with van der Waals surface area (Å²) in [6.07, 6.45) is 3.21. The molecule has 3 rings (SSSR count). The highest BCUT2D eigenvalue weighted by atomic mass is 16.3. The molecule has 6 heteroatoms. The average Bonchev–Trinajstić information content (AvgIpc) is 2.52. The Labute approximate surface area is 129 Å². The van der Waals surface area contributed by atoms with Crippen LogP contribution < -0.4 is 5.32 Å². The molecule has 0 spiro atoms. The number of aliphatic hydroxyl groups is 1. The monoisotopic (exact) mass is 300 g/mol. The Morgan fingerprint density at radius 3 is 3.09 bits per heavy atom. The number of fused-ring (bicyclic) bond motifs is 1. The van der Waals surface area contributed by atoms with Crippen LogP contribution in [-0.4, -0.2) is 51.6 Å². The van der Waals surface area contributed by atoms with Crippen LogP contribution in [0, 0.1) is 6.92 Å². The quantitative estimate of drug-likeness (QED) is 0.890. The summed E-state index contributed by atoms with van der Waals surface area (Å²) >= 11 is 0. The number of hydrogen-bond donors (Lipinski definition) is 2. The van der Waals surface area contributed by atoms with E-state index in [2.05, 4.69) is 15.3 Å². The SMILES string of the molecule is Cc1cccc2ncnc(NC3CCCN(CCO)C3=O)c12. The lowest BCUT2D eigenvalue weighted by Gasteiger charge is -2.32. The minimum absolute atomic E-state index is 0.00595. The third-order valence-electron chi connectivity index (χ3n) is 4.08. The van der Waals surface area contributed by atoms with Gasteiger partial charge in [0.15, 0.2) is 0 Å². The molecule has 1 amide bonds. The molecule has 1 unspecified atom stereocenters. The summed E-state index contributed by atoms with van der Waals surface area (Å²) in [5.41, 5.74) is 1.95. The normalized spacial score (nSPS) is 18.7. The first-order valence-corrected chi connectivity index (χ1v) is 7.57. The lowest BCUT2D eigenvalue weighted by Crippen LogP contribution is -2.48. The summed E-state index contributed by atoms with van der Waals surface area (Å²) < 4.78 is 0. The summed E-state index contributed by atoms with van der Waals surface area (Å²) in [5, 5.41) is 13.3. The van der Waals surface area contributed by atoms with Gasteiger partial charge in [-0.2, -0.15) is 0 Å². The molecule has 22 heavy (non-hydrogen) atoms. The summed E-state index contributed by atoms with van der Waals surface area (Å²) in [6, 6.07) is 5.62. The first-order chi connectivity index (χ1) is 10.7. The summed E-state index contributed by atoms with van der Waals surface area (Å²) in [7, 11) is 0. The van der Waals surface area contributed by atoms with E-state index in [1.165, 1.54) is 6.33 Å². The van der Waals surface area contributed by atoms with E-state index < -0.39 is 0 Å². The van der Waals surface area contributed by atoms with Gasteiger partial charge in [0.25, 0.3) is 0 Å². The van der Waals surface area contributed by atoms with E-state index in [9.17, 15) is 4.79 Å². The number of piperidine rings is 1. The molecule has 1 atom stereocenters. The number of aromatic nitrogens is 2. The van der Waals surface area contributed by atoms with E-state index in [4.69, 9.17) is 5.11 Å². The van der Waals surface area contributed by atoms with Crippen molar-refractivity contribution in [2.24, 2.45) is 0 Å². The fourth-order valence-electron chi connectivity index (χ4n) is 2.97. The van der Waals surface area contributed by atoms with Crippen LogP contribution in [0.15, 0.2) is 24.5 Å². The van der Waals surface area contributed by atoms with Gasteiger partial charge in [-0.1, -0.05) is 12.1 Å². The van der Waals surface area contributed by atoms with E-state index in [1.807, 2.05) is 25.1 Å². The molecule has 0 aliphatic carbocycles. The van der Waals surface area contributed by atoms with Crippen LogP contribution in [-0.2, 0) is 4.79 Å². The number of carbonyl (C=O) groups excluding carboxylic acids is 1. The van der Waals surface area contributed by atoms with Gasteiger partial charge >= 0.3 is 0 Å². The number of nitrogens with one attached hydrogen (secondary N) is 1. The second-order valence-electron chi connectivity index (χ2n) is 5.58. The van der Waals surface area contributed by atoms with Crippen molar-refractivity contribution in [3.8, 4) is 0 Å². The number of β-amino-alcohol motifs (C(OH)–C–C–N with tert-alkyl or cyclic N) is 1. The van der Waals surface area contributed by atoms with Gasteiger partial charge in [0.1, 0.15) is 18.2 Å². The Bertz CT molecular complexity index is 682. The lowest BCUT2D eigenvalue weighted by atomic mass is 10.0. The second-order valence-corrected chi connectivity index (χ2v) is 5.58. The largest absolute Gasteiger partial charge is 0.395 e. The number of likely N-dealkylation sites (tertiary alicyclic amines) is 1. The predicted octanol–water partition coefficient (Wildman–Crippen LogP) is 1.33. The van der Waals surface area contributed by atoms with Crippen molar-refractivity contribution in [2.45, 2.75) is 25.8 Å². The number of rotatable bonds is 4. The minimum Gasteiger partial charge on any atom is -0.395 e. The maximum atomic E-state index is 12.4. The summed E-state index contributed by atoms with van der Waals surface area (Å²) in [6.45, 7) is 3.10. The van der Waals surface area contributed by atoms with Gasteiger partial charge in [0.05, 0.1) is 12.1 Å². The zero-order valence-corrected chi connectivity index (χ0v) is 12.6. The number of amides is 1. The van der Waals surface area contributed by atoms with Crippen molar-refractivity contribution in [2.75, 3.05) is 25.0 Å². The van der Waals surface area contributed by atoms with Crippen molar-refractivity contribution < 1.29 is 9.90 Å². The van der Waals surface area contributed by atoms with Gasteiger partial charge in [-0.15, -0.1) is 0 Å². The van der Waals surface area contributed by atoms with Gasteiger partial charge < -0.3 is 15.3 Å². The standard InChI is InChI=1S/C16H20N4O2/c1-11-4-2-5-12-14(11)15(18-10-17-12)19-13-6-3-7-20(8-9-21)16(13)22/h2,4-5,10,13,21H,3,6-9H2,1H3,(H,17,18,19). The zero-order chi connectivity index (χ0) is 15.5. The predicted molar refractivity (Wildman–Crippen MR) is 84.6 cm³/mol. The number of anilines is 1. The lowest BCUT2D eigenvalue weighted by molar-refractivity contribution is -0.134. The molecule has 116 valence electrons. The smallest absolute Gasteiger partial charge is 0.245 e. The van der Waals surface area contributed by atoms with Crippen LogP contribution in [0.2, 0.25) is 0 Å². The molecule has 1 saturated heterocycles. The van der Waals surface area contributed by atoms with Gasteiger partial charge in [0, 0.05) is 18.5 Å². The maximum absolute atomic E-state index is 12.4. The Kier molecular flexibility index (Phi) is 4.20. The maximum Gasteiger partial charge on any atom is 0.245 e. The average molecular weight is 300 g/mol. The van der Waals surface area contributed by atoms with E-state index in [0.29, 0.717) is 18.9 Å². The van der Waals surface area contributed by atoms with Gasteiger partial charge in [-0.3, -0.25) is 4.79 Å². The molecule has 2 aromatic rings. The van der Waals surface area contributed by atoms with Crippen LogP contribution in [0.5, 0.6) is 0 Å². The molecule has 2 heterocycles. The number of benzene rings is 1. The number of aryl methyl sites for hydroxylation is 1. The Morgan fingerprint density at radius 2 is 2.27 bits per heavy atom. The first-order valence-electron chi connectivity index (χ1n) is 7.57. The molecular weight excluding hydrogens is 280 g/mol. The van der Waals surface area contributed by atoms with Gasteiger partial charge in [0.2, 0.25) is 5.91 Å². The summed E-state index contributed by atoms with van der Waals surface area (Å²) in [5.74, 6) is 0.730. The van der Waals surface area contributed by atoms with Crippen molar-refractivity contribution in [1.82, 2.24) is 14.9 Å². The number of aliphatic hydroxyl groups excluding tert-OH is 1. The van der Waals surface area contributed by atoms with Crippen molar-refractivity contribution in [3.63, 3.8) is 0 Å². The number of hydrogen-bond acceptors (Lipinski definition) is 5. The second kappa shape index (κ2) is 6.27. The highest BCUT2D eigenvalue weighted by molar-refractivity contribution is 5.94. The first kappa shape index (κ1) is 14.7. The molecule has 2 N–H and O–H groups in total. The van der Waals surface area contributed by atoms with Crippen molar-refractivity contribution in [1.29, 1.82) is 0 Å². The molecular formula is C16H20N4O2. The van der Waals surface area contributed by atoms with Crippen LogP contribution >= 0.6 is 0 Å². The van der Waals surface area contributed by atoms with Crippen LogP contribution in [0.3, 0.4) is 0 Å². The van der Waals surface area contributed by atoms with E-state index in [1.54, 1.807) is 4.90 Å². The fraction of sp³-hybridized carbons (Fsp3) is 0.438. The Balaban J connectivity index is 1.88.